The highest BCUT2D eigenvalue weighted by Crippen LogP contribution is 2.30. The monoisotopic (exact) mass is 439 g/mol. The maximum absolute atomic E-state index is 13.1. The Labute approximate surface area is 186 Å². The van der Waals surface area contributed by atoms with Gasteiger partial charge in [0, 0.05) is 42.7 Å². The Hall–Kier alpha value is -2.45. The average molecular weight is 440 g/mol. The van der Waals surface area contributed by atoms with E-state index in [0.29, 0.717) is 18.2 Å². The highest BCUT2D eigenvalue weighted by Gasteiger charge is 2.27. The van der Waals surface area contributed by atoms with E-state index in [0.717, 1.165) is 61.5 Å². The number of rotatable bonds is 4. The van der Waals surface area contributed by atoms with Crippen molar-refractivity contribution in [1.82, 2.24) is 15.2 Å². The van der Waals surface area contributed by atoms with Gasteiger partial charge in [-0.1, -0.05) is 31.0 Å². The van der Waals surface area contributed by atoms with E-state index >= 15 is 0 Å². The second kappa shape index (κ2) is 8.96. The molecule has 0 unspecified atom stereocenters. The molecule has 1 aromatic carbocycles. The summed E-state index contributed by atoms with van der Waals surface area (Å²) in [5, 5.41) is 6.60. The molecule has 5 rings (SSSR count). The minimum Gasteiger partial charge on any atom is -0.335 e. The molecule has 3 heterocycles. The molecule has 0 radical (unpaired) electrons. The molecule has 2 aliphatic heterocycles. The van der Waals surface area contributed by atoms with Crippen LogP contribution < -0.4 is 15.5 Å². The third-order valence-electron chi connectivity index (χ3n) is 6.49. The Bertz CT molecular complexity index is 969. The molecule has 0 saturated heterocycles. The number of para-hydroxylation sites is 1. The summed E-state index contributed by atoms with van der Waals surface area (Å²) in [5.74, 6) is 0.161. The van der Waals surface area contributed by atoms with E-state index in [1.54, 1.807) is 0 Å². The van der Waals surface area contributed by atoms with Crippen LogP contribution in [-0.2, 0) is 24.2 Å². The molecule has 8 heteroatoms. The van der Waals surface area contributed by atoms with Crippen molar-refractivity contribution in [3.8, 4) is 0 Å². The number of aromatic nitrogens is 1. The molecular weight excluding hydrogens is 410 g/mol. The smallest absolute Gasteiger partial charge is 0.321 e. The highest BCUT2D eigenvalue weighted by molar-refractivity contribution is 7.15. The first kappa shape index (κ1) is 20.5. The van der Waals surface area contributed by atoms with Crippen molar-refractivity contribution in [2.45, 2.75) is 57.5 Å². The molecule has 1 fully saturated rings. The summed E-state index contributed by atoms with van der Waals surface area (Å²) in [6, 6.07) is 8.36. The Balaban J connectivity index is 1.18. The van der Waals surface area contributed by atoms with Gasteiger partial charge in [-0.05, 0) is 37.3 Å². The third-order valence-corrected chi connectivity index (χ3v) is 7.49. The lowest BCUT2D eigenvalue weighted by Crippen LogP contribution is -2.44. The fourth-order valence-corrected chi connectivity index (χ4v) is 5.94. The van der Waals surface area contributed by atoms with Gasteiger partial charge in [0.2, 0.25) is 5.91 Å². The summed E-state index contributed by atoms with van der Waals surface area (Å²) in [7, 11) is 0. The second-order valence-corrected chi connectivity index (χ2v) is 9.79. The van der Waals surface area contributed by atoms with E-state index in [4.69, 9.17) is 0 Å². The number of nitrogens with one attached hydrogen (secondary N) is 2. The lowest BCUT2D eigenvalue weighted by atomic mass is 10.0. The maximum atomic E-state index is 13.1. The van der Waals surface area contributed by atoms with Gasteiger partial charge in [-0.2, -0.15) is 0 Å². The number of thiazole rings is 1. The number of benzene rings is 1. The molecule has 0 spiro atoms. The predicted molar refractivity (Wildman–Crippen MR) is 123 cm³/mol. The summed E-state index contributed by atoms with van der Waals surface area (Å²) in [5.41, 5.74) is 3.37. The second-order valence-electron chi connectivity index (χ2n) is 8.71. The molecule has 7 nitrogen and oxygen atoms in total. The topological polar surface area (TPSA) is 77.6 Å². The van der Waals surface area contributed by atoms with Gasteiger partial charge in [-0.25, -0.2) is 9.78 Å². The van der Waals surface area contributed by atoms with Gasteiger partial charge in [0.15, 0.2) is 5.13 Å². The van der Waals surface area contributed by atoms with E-state index in [9.17, 15) is 9.59 Å². The number of urea groups is 1. The number of aryl methyl sites for hydroxylation is 1. The lowest BCUT2D eigenvalue weighted by molar-refractivity contribution is -0.120. The highest BCUT2D eigenvalue weighted by atomic mass is 32.1. The van der Waals surface area contributed by atoms with Crippen LogP contribution in [-0.4, -0.2) is 47.5 Å². The summed E-state index contributed by atoms with van der Waals surface area (Å²) in [6.45, 7) is 2.72. The van der Waals surface area contributed by atoms with Crippen LogP contribution in [0.5, 0.6) is 0 Å². The van der Waals surface area contributed by atoms with Crippen molar-refractivity contribution < 1.29 is 9.59 Å². The van der Waals surface area contributed by atoms with Crippen LogP contribution in [0.4, 0.5) is 15.6 Å². The van der Waals surface area contributed by atoms with Crippen LogP contribution in [0.25, 0.3) is 0 Å². The van der Waals surface area contributed by atoms with E-state index in [-0.39, 0.29) is 18.0 Å². The molecule has 31 heavy (non-hydrogen) atoms. The summed E-state index contributed by atoms with van der Waals surface area (Å²) >= 11 is 1.53. The van der Waals surface area contributed by atoms with Crippen molar-refractivity contribution in [3.05, 3.63) is 40.4 Å². The Morgan fingerprint density at radius 3 is 2.81 bits per heavy atom. The number of anilines is 2. The van der Waals surface area contributed by atoms with Crippen LogP contribution >= 0.6 is 11.3 Å². The van der Waals surface area contributed by atoms with Gasteiger partial charge in [0.1, 0.15) is 0 Å². The number of hydrogen-bond acceptors (Lipinski definition) is 5. The average Bonchev–Trinajstić information content (AvgIpc) is 3.42. The minimum atomic E-state index is -0.159. The number of carbonyl (C=O) groups excluding carboxylic acids is 2. The van der Waals surface area contributed by atoms with Gasteiger partial charge < -0.3 is 10.2 Å². The molecule has 0 atom stereocenters. The summed E-state index contributed by atoms with van der Waals surface area (Å²) in [4.78, 5) is 35.2. The molecule has 1 aromatic heterocycles. The number of amides is 3. The number of carbonyl (C=O) groups is 2. The molecule has 2 aromatic rings. The zero-order chi connectivity index (χ0) is 21.2. The van der Waals surface area contributed by atoms with E-state index in [2.05, 4.69) is 32.7 Å². The first-order valence-electron chi connectivity index (χ1n) is 11.3. The first-order chi connectivity index (χ1) is 15.2. The van der Waals surface area contributed by atoms with Gasteiger partial charge in [-0.3, -0.25) is 15.0 Å². The van der Waals surface area contributed by atoms with Crippen LogP contribution in [0.1, 0.15) is 48.2 Å². The molecule has 164 valence electrons. The quantitative estimate of drug-likeness (QED) is 0.764. The van der Waals surface area contributed by atoms with Gasteiger partial charge in [0.25, 0.3) is 0 Å². The number of nitrogens with zero attached hydrogens (tertiary/aromatic N) is 3. The summed E-state index contributed by atoms with van der Waals surface area (Å²) < 4.78 is 0. The van der Waals surface area contributed by atoms with Crippen LogP contribution in [0, 0.1) is 0 Å². The zero-order valence-corrected chi connectivity index (χ0v) is 18.5. The van der Waals surface area contributed by atoms with E-state index < -0.39 is 0 Å². The fraction of sp³-hybridized carbons (Fsp3) is 0.522. The largest absolute Gasteiger partial charge is 0.335 e. The molecule has 3 amide bonds. The summed E-state index contributed by atoms with van der Waals surface area (Å²) in [6.07, 6.45) is 7.36. The normalized spacial score (nSPS) is 19.0. The van der Waals surface area contributed by atoms with E-state index in [1.165, 1.54) is 29.7 Å². The maximum Gasteiger partial charge on any atom is 0.321 e. The first-order valence-corrected chi connectivity index (χ1v) is 12.1. The minimum absolute atomic E-state index is 0.159. The zero-order valence-electron chi connectivity index (χ0n) is 17.7. The Morgan fingerprint density at radius 1 is 1.10 bits per heavy atom. The molecule has 2 N–H and O–H groups in total. The van der Waals surface area contributed by atoms with Crippen molar-refractivity contribution >= 4 is 34.1 Å². The predicted octanol–water partition coefficient (Wildman–Crippen LogP) is 3.54. The molecule has 0 bridgehead atoms. The Kier molecular flexibility index (Phi) is 5.91. The van der Waals surface area contributed by atoms with Crippen molar-refractivity contribution in [1.29, 1.82) is 0 Å². The van der Waals surface area contributed by atoms with Crippen LogP contribution in [0.2, 0.25) is 0 Å². The SMILES string of the molecule is O=C(Nc1nc2c(s1)CN(CC(=O)N1CCCc3ccccc31)CC2)NC1CCCC1. The lowest BCUT2D eigenvalue weighted by Gasteiger charge is -2.32. The molecule has 1 saturated carbocycles. The van der Waals surface area contributed by atoms with E-state index in [1.807, 2.05) is 17.0 Å². The Morgan fingerprint density at radius 2 is 1.94 bits per heavy atom. The third kappa shape index (κ3) is 4.60. The molecule has 1 aliphatic carbocycles. The van der Waals surface area contributed by atoms with Crippen LogP contribution in [0.15, 0.2) is 24.3 Å². The van der Waals surface area contributed by atoms with Crippen molar-refractivity contribution in [2.75, 3.05) is 29.9 Å². The fourth-order valence-electron chi connectivity index (χ4n) is 4.89. The number of hydrogen-bond donors (Lipinski definition) is 2. The van der Waals surface area contributed by atoms with Gasteiger partial charge in [0.05, 0.1) is 12.2 Å². The number of fused-ring (bicyclic) bond motifs is 2. The van der Waals surface area contributed by atoms with Gasteiger partial charge in [-0.15, -0.1) is 11.3 Å². The standard InChI is InChI=1S/C23H29N5O2S/c29-21(28-12-5-7-16-6-1-4-10-19(16)28)15-27-13-11-18-20(14-27)31-23(25-18)26-22(30)24-17-8-2-3-9-17/h1,4,6,10,17H,2-3,5,7-9,11-15H2,(H2,24,25,26,30). The van der Waals surface area contributed by atoms with Crippen LogP contribution in [0.3, 0.4) is 0 Å². The molecule has 3 aliphatic rings. The molecular formula is C23H29N5O2S. The van der Waals surface area contributed by atoms with Gasteiger partial charge >= 0.3 is 6.03 Å². The van der Waals surface area contributed by atoms with Crippen molar-refractivity contribution in [2.24, 2.45) is 0 Å². The van der Waals surface area contributed by atoms with Crippen molar-refractivity contribution in [3.63, 3.8) is 0 Å².